The molecule has 0 unspecified atom stereocenters. The van der Waals surface area contributed by atoms with Crippen LogP contribution in [0.3, 0.4) is 0 Å². The Balaban J connectivity index is 2.13. The number of anilines is 1. The molecule has 2 rings (SSSR count). The molecular weight excluding hydrogens is 271 g/mol. The van der Waals surface area contributed by atoms with E-state index in [-0.39, 0.29) is 5.56 Å². The predicted octanol–water partition coefficient (Wildman–Crippen LogP) is 3.33. The Hall–Kier alpha value is -2.74. The van der Waals surface area contributed by atoms with Gasteiger partial charge in [-0.25, -0.2) is 4.39 Å². The van der Waals surface area contributed by atoms with Gasteiger partial charge in [0.05, 0.1) is 25.9 Å². The Kier molecular flexibility index (Phi) is 4.62. The molecule has 2 aromatic carbocycles. The normalized spacial score (nSPS) is 9.81. The van der Waals surface area contributed by atoms with Gasteiger partial charge in [-0.15, -0.1) is 0 Å². The van der Waals surface area contributed by atoms with E-state index in [1.807, 2.05) is 24.3 Å². The zero-order valence-electron chi connectivity index (χ0n) is 11.8. The van der Waals surface area contributed by atoms with Crippen LogP contribution in [0.1, 0.15) is 11.1 Å². The highest BCUT2D eigenvalue weighted by Crippen LogP contribution is 2.27. The van der Waals surface area contributed by atoms with Gasteiger partial charge in [0, 0.05) is 12.2 Å². The maximum absolute atomic E-state index is 13.3. The van der Waals surface area contributed by atoms with E-state index in [0.29, 0.717) is 23.7 Å². The van der Waals surface area contributed by atoms with Crippen LogP contribution in [-0.2, 0) is 6.54 Å². The van der Waals surface area contributed by atoms with E-state index in [2.05, 4.69) is 5.32 Å². The van der Waals surface area contributed by atoms with Gasteiger partial charge >= 0.3 is 0 Å². The maximum Gasteiger partial charge on any atom is 0.161 e. The van der Waals surface area contributed by atoms with Crippen molar-refractivity contribution in [2.45, 2.75) is 6.54 Å². The summed E-state index contributed by atoms with van der Waals surface area (Å²) in [5, 5.41) is 11.9. The Morgan fingerprint density at radius 2 is 1.86 bits per heavy atom. The van der Waals surface area contributed by atoms with Crippen molar-refractivity contribution in [2.75, 3.05) is 19.5 Å². The number of methoxy groups -OCH3 is 2. The Labute approximate surface area is 122 Å². The highest BCUT2D eigenvalue weighted by molar-refractivity contribution is 5.51. The Morgan fingerprint density at radius 3 is 2.52 bits per heavy atom. The fourth-order valence-electron chi connectivity index (χ4n) is 1.95. The van der Waals surface area contributed by atoms with Crippen LogP contribution in [0.5, 0.6) is 11.5 Å². The molecule has 0 aromatic heterocycles. The number of nitrogens with zero attached hydrogens (tertiary/aromatic N) is 1. The van der Waals surface area contributed by atoms with Crippen LogP contribution in [0.4, 0.5) is 10.1 Å². The predicted molar refractivity (Wildman–Crippen MR) is 78.0 cm³/mol. The molecule has 5 heteroatoms. The molecule has 0 heterocycles. The van der Waals surface area contributed by atoms with Crippen molar-refractivity contribution in [3.63, 3.8) is 0 Å². The Bertz CT molecular complexity index is 680. The van der Waals surface area contributed by atoms with Gasteiger partial charge in [-0.05, 0) is 35.9 Å². The third-order valence-electron chi connectivity index (χ3n) is 2.97. The van der Waals surface area contributed by atoms with Crippen molar-refractivity contribution >= 4 is 5.69 Å². The lowest BCUT2D eigenvalue weighted by Crippen LogP contribution is -2.01. The van der Waals surface area contributed by atoms with E-state index in [4.69, 9.17) is 14.7 Å². The monoisotopic (exact) mass is 286 g/mol. The Morgan fingerprint density at radius 1 is 1.10 bits per heavy atom. The molecule has 0 saturated carbocycles. The molecular formula is C16H15FN2O2. The first-order valence-electron chi connectivity index (χ1n) is 6.31. The van der Waals surface area contributed by atoms with Gasteiger partial charge in [0.1, 0.15) is 5.82 Å². The van der Waals surface area contributed by atoms with Crippen molar-refractivity contribution in [1.82, 2.24) is 0 Å². The highest BCUT2D eigenvalue weighted by atomic mass is 19.1. The zero-order chi connectivity index (χ0) is 15.2. The summed E-state index contributed by atoms with van der Waals surface area (Å²) in [6.07, 6.45) is 0. The second-order valence-corrected chi connectivity index (χ2v) is 4.38. The molecule has 0 amide bonds. The highest BCUT2D eigenvalue weighted by Gasteiger charge is 2.05. The second-order valence-electron chi connectivity index (χ2n) is 4.38. The summed E-state index contributed by atoms with van der Waals surface area (Å²) in [7, 11) is 3.15. The average molecular weight is 286 g/mol. The molecule has 21 heavy (non-hydrogen) atoms. The molecule has 108 valence electrons. The van der Waals surface area contributed by atoms with Gasteiger partial charge in [0.25, 0.3) is 0 Å². The molecule has 0 aliphatic carbocycles. The van der Waals surface area contributed by atoms with Crippen LogP contribution in [0.25, 0.3) is 0 Å². The number of hydrogen-bond acceptors (Lipinski definition) is 4. The number of nitriles is 1. The fraction of sp³-hybridized carbons (Fsp3) is 0.188. The number of nitrogens with one attached hydrogen (secondary N) is 1. The fourth-order valence-corrected chi connectivity index (χ4v) is 1.95. The molecule has 0 spiro atoms. The minimum absolute atomic E-state index is 0.282. The van der Waals surface area contributed by atoms with Gasteiger partial charge in [-0.2, -0.15) is 5.26 Å². The SMILES string of the molecule is COc1ccc(CNc2cc(F)cc(C#N)c2)cc1OC. The van der Waals surface area contributed by atoms with Crippen molar-refractivity contribution in [3.05, 3.63) is 53.3 Å². The standard InChI is InChI=1S/C16H15FN2O2/c1-20-15-4-3-11(7-16(15)21-2)10-19-14-6-12(9-18)5-13(17)8-14/h3-8,19H,10H2,1-2H3. The molecule has 0 saturated heterocycles. The first kappa shape index (κ1) is 14.7. The lowest BCUT2D eigenvalue weighted by Gasteiger charge is -2.11. The first-order chi connectivity index (χ1) is 10.2. The van der Waals surface area contributed by atoms with Gasteiger partial charge in [0.15, 0.2) is 11.5 Å². The van der Waals surface area contributed by atoms with Gasteiger partial charge in [-0.3, -0.25) is 0 Å². The molecule has 1 N–H and O–H groups in total. The lowest BCUT2D eigenvalue weighted by atomic mass is 10.1. The summed E-state index contributed by atoms with van der Waals surface area (Å²) in [4.78, 5) is 0. The van der Waals surface area contributed by atoms with Crippen LogP contribution >= 0.6 is 0 Å². The van der Waals surface area contributed by atoms with Crippen molar-refractivity contribution in [3.8, 4) is 17.6 Å². The zero-order valence-corrected chi connectivity index (χ0v) is 11.8. The largest absolute Gasteiger partial charge is 0.493 e. The third-order valence-corrected chi connectivity index (χ3v) is 2.97. The van der Waals surface area contributed by atoms with E-state index in [9.17, 15) is 4.39 Å². The minimum Gasteiger partial charge on any atom is -0.493 e. The van der Waals surface area contributed by atoms with Crippen LogP contribution in [0, 0.1) is 17.1 Å². The quantitative estimate of drug-likeness (QED) is 0.916. The van der Waals surface area contributed by atoms with Crippen molar-refractivity contribution in [2.24, 2.45) is 0 Å². The topological polar surface area (TPSA) is 54.3 Å². The minimum atomic E-state index is -0.441. The lowest BCUT2D eigenvalue weighted by molar-refractivity contribution is 0.354. The molecule has 0 atom stereocenters. The number of halogens is 1. The van der Waals surface area contributed by atoms with Gasteiger partial charge < -0.3 is 14.8 Å². The molecule has 0 radical (unpaired) electrons. The molecule has 0 fully saturated rings. The molecule has 0 aliphatic heterocycles. The van der Waals surface area contributed by atoms with Gasteiger partial charge in [0.2, 0.25) is 0 Å². The molecule has 4 nitrogen and oxygen atoms in total. The summed E-state index contributed by atoms with van der Waals surface area (Å²) in [5.41, 5.74) is 1.79. The molecule has 0 bridgehead atoms. The second kappa shape index (κ2) is 6.62. The molecule has 2 aromatic rings. The summed E-state index contributed by atoms with van der Waals surface area (Å²) < 4.78 is 23.7. The van der Waals surface area contributed by atoms with E-state index >= 15 is 0 Å². The number of ether oxygens (including phenoxy) is 2. The summed E-state index contributed by atoms with van der Waals surface area (Å²) >= 11 is 0. The van der Waals surface area contributed by atoms with Crippen molar-refractivity contribution in [1.29, 1.82) is 5.26 Å². The summed E-state index contributed by atoms with van der Waals surface area (Å²) in [6.45, 7) is 0.481. The van der Waals surface area contributed by atoms with Crippen LogP contribution in [0.2, 0.25) is 0 Å². The summed E-state index contributed by atoms with van der Waals surface area (Å²) in [5.74, 6) is 0.844. The average Bonchev–Trinajstić information content (AvgIpc) is 2.52. The number of rotatable bonds is 5. The van der Waals surface area contributed by atoms with Crippen LogP contribution in [-0.4, -0.2) is 14.2 Å². The van der Waals surface area contributed by atoms with Gasteiger partial charge in [-0.1, -0.05) is 6.07 Å². The number of hydrogen-bond donors (Lipinski definition) is 1. The summed E-state index contributed by atoms with van der Waals surface area (Å²) in [6, 6.07) is 11.6. The van der Waals surface area contributed by atoms with E-state index in [1.54, 1.807) is 20.3 Å². The van der Waals surface area contributed by atoms with Crippen molar-refractivity contribution < 1.29 is 13.9 Å². The third kappa shape index (κ3) is 3.63. The van der Waals surface area contributed by atoms with E-state index < -0.39 is 5.82 Å². The molecule has 0 aliphatic rings. The van der Waals surface area contributed by atoms with E-state index in [1.165, 1.54) is 12.1 Å². The first-order valence-corrected chi connectivity index (χ1v) is 6.31. The van der Waals surface area contributed by atoms with E-state index in [0.717, 1.165) is 5.56 Å². The number of benzene rings is 2. The smallest absolute Gasteiger partial charge is 0.161 e. The van der Waals surface area contributed by atoms with Crippen LogP contribution in [0.15, 0.2) is 36.4 Å². The van der Waals surface area contributed by atoms with Crippen LogP contribution < -0.4 is 14.8 Å². The maximum atomic E-state index is 13.3.